The Morgan fingerprint density at radius 1 is 0.719 bits per heavy atom. The maximum Gasteiger partial charge on any atom is 0.155 e. The number of rotatable bonds is 22. The van der Waals surface area contributed by atoms with Gasteiger partial charge in [-0.15, -0.1) is 0 Å². The Labute approximate surface area is 202 Å². The second-order valence-corrected chi connectivity index (χ2v) is 10.3. The van der Waals surface area contributed by atoms with E-state index < -0.39 is 6.10 Å². The Hall–Kier alpha value is 0.150. The first kappa shape index (κ1) is 32.1. The highest BCUT2D eigenvalue weighted by Crippen LogP contribution is 2.28. The van der Waals surface area contributed by atoms with Gasteiger partial charge >= 0.3 is 0 Å². The summed E-state index contributed by atoms with van der Waals surface area (Å²) in [5, 5.41) is 19.1. The average Bonchev–Trinajstić information content (AvgIpc) is 2.79. The van der Waals surface area contributed by atoms with Crippen LogP contribution in [0.15, 0.2) is 0 Å². The molecule has 0 aliphatic carbocycles. The smallest absolute Gasteiger partial charge is 0.155 e. The van der Waals surface area contributed by atoms with Gasteiger partial charge in [-0.3, -0.25) is 0 Å². The fraction of sp³-hybridized carbons (Fsp3) is 1.00. The number of hydrogen-bond donors (Lipinski definition) is 2. The molecule has 0 bridgehead atoms. The minimum Gasteiger partial charge on any atom is -0.412 e. The summed E-state index contributed by atoms with van der Waals surface area (Å²) < 4.78 is 11.2. The number of aliphatic hydroxyl groups excluding tert-OH is 2. The summed E-state index contributed by atoms with van der Waals surface area (Å²) in [6.07, 6.45) is 25.6. The van der Waals surface area contributed by atoms with Gasteiger partial charge in [0.1, 0.15) is 0 Å². The predicted octanol–water partition coefficient (Wildman–Crippen LogP) is 6.73. The maximum absolute atomic E-state index is 9.93. The fourth-order valence-corrected chi connectivity index (χ4v) is 5.06. The molecule has 1 fully saturated rings. The van der Waals surface area contributed by atoms with Gasteiger partial charge in [-0.25, -0.2) is 0 Å². The molecule has 6 heteroatoms. The number of unbranched alkanes of at least 4 members (excludes halogenated alkanes) is 17. The van der Waals surface area contributed by atoms with Gasteiger partial charge < -0.3 is 24.6 Å². The molecule has 0 aromatic heterocycles. The van der Waals surface area contributed by atoms with E-state index in [2.05, 4.69) is 6.92 Å². The largest absolute Gasteiger partial charge is 0.412 e. The van der Waals surface area contributed by atoms with E-state index in [1.807, 2.05) is 0 Å². The molecule has 1 rings (SSSR count). The highest BCUT2D eigenvalue weighted by atomic mass is 32.2. The predicted molar refractivity (Wildman–Crippen MR) is 137 cm³/mol. The summed E-state index contributed by atoms with van der Waals surface area (Å²) in [5.41, 5.74) is -0.360. The topological polar surface area (TPSA) is 90.4 Å². The van der Waals surface area contributed by atoms with Crippen molar-refractivity contribution in [3.63, 3.8) is 0 Å². The Balaban J connectivity index is 0.00000961. The lowest BCUT2D eigenvalue weighted by molar-refractivity contribution is -0.0928. The van der Waals surface area contributed by atoms with Gasteiger partial charge in [0.25, 0.3) is 0 Å². The molecular formula is C26H54O5S. The van der Waals surface area contributed by atoms with E-state index in [-0.39, 0.29) is 23.6 Å². The third kappa shape index (κ3) is 18.6. The minimum atomic E-state index is -0.492. The van der Waals surface area contributed by atoms with Crippen molar-refractivity contribution >= 4 is 12.0 Å². The minimum absolute atomic E-state index is 0. The Bertz CT molecular complexity index is 372. The summed E-state index contributed by atoms with van der Waals surface area (Å²) in [5.74, 6) is 0. The lowest BCUT2D eigenvalue weighted by Gasteiger charge is -2.31. The molecular weight excluding hydrogens is 424 g/mol. The molecule has 32 heavy (non-hydrogen) atoms. The van der Waals surface area contributed by atoms with E-state index in [0.717, 1.165) is 6.42 Å². The first-order chi connectivity index (χ1) is 15.3. The molecule has 1 heterocycles. The van der Waals surface area contributed by atoms with Crippen LogP contribution >= 0.6 is 12.0 Å². The quantitative estimate of drug-likeness (QED) is 0.133. The highest BCUT2D eigenvalue weighted by Gasteiger charge is 2.30. The van der Waals surface area contributed by atoms with E-state index in [0.29, 0.717) is 19.4 Å². The van der Waals surface area contributed by atoms with Crippen LogP contribution in [-0.2, 0) is 8.92 Å². The normalized spacial score (nSPS) is 20.9. The number of hydrogen-bond acceptors (Lipinski definition) is 5. The van der Waals surface area contributed by atoms with Crippen molar-refractivity contribution in [3.05, 3.63) is 0 Å². The van der Waals surface area contributed by atoms with Gasteiger partial charge in [-0.1, -0.05) is 116 Å². The molecule has 0 spiro atoms. The van der Waals surface area contributed by atoms with E-state index in [4.69, 9.17) is 8.92 Å². The second kappa shape index (κ2) is 24.3. The van der Waals surface area contributed by atoms with Crippen LogP contribution in [-0.4, -0.2) is 46.5 Å². The van der Waals surface area contributed by atoms with Crippen LogP contribution in [0, 0.1) is 0 Å². The van der Waals surface area contributed by atoms with Gasteiger partial charge in [0.05, 0.1) is 25.4 Å². The molecule has 1 saturated heterocycles. The summed E-state index contributed by atoms with van der Waals surface area (Å²) in [4.78, 5) is 0. The monoisotopic (exact) mass is 478 g/mol. The van der Waals surface area contributed by atoms with Crippen molar-refractivity contribution in [3.8, 4) is 0 Å². The zero-order valence-corrected chi connectivity index (χ0v) is 21.7. The summed E-state index contributed by atoms with van der Waals surface area (Å²) >= 11 is 1.23. The Morgan fingerprint density at radius 2 is 1.16 bits per heavy atom. The molecule has 0 amide bonds. The maximum atomic E-state index is 9.93. The van der Waals surface area contributed by atoms with E-state index in [1.165, 1.54) is 121 Å². The van der Waals surface area contributed by atoms with Crippen molar-refractivity contribution in [2.45, 2.75) is 153 Å². The van der Waals surface area contributed by atoms with Crippen molar-refractivity contribution in [1.82, 2.24) is 0 Å². The third-order valence-electron chi connectivity index (χ3n) is 6.37. The molecule has 4 N–H and O–H groups in total. The first-order valence-electron chi connectivity index (χ1n) is 13.5. The molecule has 1 aliphatic rings. The fourth-order valence-electron chi connectivity index (χ4n) is 4.24. The molecule has 0 aromatic carbocycles. The van der Waals surface area contributed by atoms with Crippen LogP contribution in [0.5, 0.6) is 0 Å². The Morgan fingerprint density at radius 3 is 1.59 bits per heavy atom. The zero-order valence-electron chi connectivity index (χ0n) is 20.9. The van der Waals surface area contributed by atoms with Crippen LogP contribution in [0.3, 0.4) is 0 Å². The third-order valence-corrected chi connectivity index (χ3v) is 7.29. The Kier molecular flexibility index (Phi) is 24.4. The van der Waals surface area contributed by atoms with E-state index >= 15 is 0 Å². The van der Waals surface area contributed by atoms with Gasteiger partial charge in [0, 0.05) is 12.0 Å². The lowest BCUT2D eigenvalue weighted by Crippen LogP contribution is -2.38. The van der Waals surface area contributed by atoms with Crippen LogP contribution in [0.25, 0.3) is 0 Å². The van der Waals surface area contributed by atoms with Crippen LogP contribution < -0.4 is 0 Å². The molecule has 0 saturated carbocycles. The molecule has 3 atom stereocenters. The SMILES string of the molecule is CCCCCCCCCCCCCCCCCCCCOSC1OC(CO)CCC1O.O. The van der Waals surface area contributed by atoms with Crippen LogP contribution in [0.2, 0.25) is 0 Å². The molecule has 3 unspecified atom stereocenters. The van der Waals surface area contributed by atoms with E-state index in [1.54, 1.807) is 0 Å². The van der Waals surface area contributed by atoms with Crippen molar-refractivity contribution < 1.29 is 24.6 Å². The number of ether oxygens (including phenoxy) is 1. The van der Waals surface area contributed by atoms with Gasteiger partial charge in [0.2, 0.25) is 0 Å². The first-order valence-corrected chi connectivity index (χ1v) is 14.3. The second-order valence-electron chi connectivity index (χ2n) is 9.38. The van der Waals surface area contributed by atoms with E-state index in [9.17, 15) is 10.2 Å². The summed E-state index contributed by atoms with van der Waals surface area (Å²) in [6.45, 7) is 3.01. The lowest BCUT2D eigenvalue weighted by atomic mass is 10.0. The summed E-state index contributed by atoms with van der Waals surface area (Å²) in [7, 11) is 0. The van der Waals surface area contributed by atoms with Crippen molar-refractivity contribution in [1.29, 1.82) is 0 Å². The molecule has 194 valence electrons. The van der Waals surface area contributed by atoms with Gasteiger partial charge in [-0.2, -0.15) is 0 Å². The standard InChI is InChI=1S/C26H52O4S.H2O/c1-2-3-4-5-6-7-8-9-10-11-12-13-14-15-16-17-18-19-22-29-31-26-25(28)21-20-24(23-27)30-26;/h24-28H,2-23H2,1H3;1H2. The molecule has 0 aromatic rings. The van der Waals surface area contributed by atoms with Gasteiger partial charge in [0.15, 0.2) is 5.44 Å². The average molecular weight is 479 g/mol. The molecule has 0 radical (unpaired) electrons. The van der Waals surface area contributed by atoms with Crippen molar-refractivity contribution in [2.75, 3.05) is 13.2 Å². The van der Waals surface area contributed by atoms with Crippen LogP contribution in [0.4, 0.5) is 0 Å². The summed E-state index contributed by atoms with van der Waals surface area (Å²) in [6, 6.07) is 0. The zero-order chi connectivity index (χ0) is 22.4. The van der Waals surface area contributed by atoms with Crippen LogP contribution in [0.1, 0.15) is 135 Å². The molecule has 1 aliphatic heterocycles. The molecule has 5 nitrogen and oxygen atoms in total. The number of aliphatic hydroxyl groups is 2. The van der Waals surface area contributed by atoms with Crippen molar-refractivity contribution in [2.24, 2.45) is 0 Å². The highest BCUT2D eigenvalue weighted by molar-refractivity contribution is 7.95. The van der Waals surface area contributed by atoms with Gasteiger partial charge in [-0.05, 0) is 19.3 Å².